The first-order valence-electron chi connectivity index (χ1n) is 6.67. The monoisotopic (exact) mass is 308 g/mol. The van der Waals surface area contributed by atoms with Crippen LogP contribution in [0, 0.1) is 6.92 Å². The van der Waals surface area contributed by atoms with E-state index in [2.05, 4.69) is 23.3 Å². The minimum absolute atomic E-state index is 0.197. The van der Waals surface area contributed by atoms with E-state index >= 15 is 0 Å². The van der Waals surface area contributed by atoms with Crippen molar-refractivity contribution in [2.75, 3.05) is 0 Å². The number of hydrogen-bond acceptors (Lipinski definition) is 3. The van der Waals surface area contributed by atoms with Crippen molar-refractivity contribution in [1.82, 2.24) is 9.78 Å². The summed E-state index contributed by atoms with van der Waals surface area (Å²) in [5.41, 5.74) is 3.19. The summed E-state index contributed by atoms with van der Waals surface area (Å²) in [6.07, 6.45) is 1.07. The van der Waals surface area contributed by atoms with Gasteiger partial charge in [0, 0.05) is 29.2 Å². The first kappa shape index (κ1) is 14.0. The van der Waals surface area contributed by atoms with Crippen LogP contribution in [0.15, 0.2) is 29.2 Å². The van der Waals surface area contributed by atoms with Gasteiger partial charge >= 0.3 is 0 Å². The number of aryl methyl sites for hydroxylation is 2. The molecule has 0 radical (unpaired) electrons. The lowest BCUT2D eigenvalue weighted by Gasteiger charge is -2.17. The Labute approximate surface area is 128 Å². The average molecular weight is 309 g/mol. The van der Waals surface area contributed by atoms with Gasteiger partial charge in [0.1, 0.15) is 5.15 Å². The van der Waals surface area contributed by atoms with Crippen LogP contribution in [-0.2, 0) is 19.9 Å². The van der Waals surface area contributed by atoms with Crippen molar-refractivity contribution in [3.05, 3.63) is 46.2 Å². The van der Waals surface area contributed by atoms with Gasteiger partial charge in [-0.2, -0.15) is 5.10 Å². The molecule has 1 aromatic heterocycles. The van der Waals surface area contributed by atoms with E-state index in [1.54, 1.807) is 16.4 Å². The topological polar surface area (TPSA) is 38.0 Å². The molecule has 0 amide bonds. The van der Waals surface area contributed by atoms with Crippen molar-refractivity contribution in [3.63, 3.8) is 0 Å². The van der Waals surface area contributed by atoms with E-state index in [1.807, 2.05) is 20.0 Å². The van der Waals surface area contributed by atoms with Gasteiger partial charge in [0.25, 0.3) is 0 Å². The molecule has 1 aliphatic rings. The fourth-order valence-electron chi connectivity index (χ4n) is 2.67. The van der Waals surface area contributed by atoms with E-state index in [9.17, 15) is 5.11 Å². The van der Waals surface area contributed by atoms with Crippen LogP contribution in [0.25, 0.3) is 0 Å². The maximum Gasteiger partial charge on any atom is 0.130 e. The second-order valence-electron chi connectivity index (χ2n) is 5.22. The van der Waals surface area contributed by atoms with Crippen LogP contribution in [0.3, 0.4) is 0 Å². The van der Waals surface area contributed by atoms with Gasteiger partial charge in [-0.05, 0) is 25.0 Å². The Balaban J connectivity index is 1.74. The zero-order valence-corrected chi connectivity index (χ0v) is 13.1. The Kier molecular flexibility index (Phi) is 3.80. The van der Waals surface area contributed by atoms with E-state index in [-0.39, 0.29) is 5.25 Å². The number of aliphatic hydroxyl groups is 1. The normalized spacial score (nSPS) is 19.1. The third-order valence-corrected chi connectivity index (χ3v) is 5.69. The van der Waals surface area contributed by atoms with E-state index in [0.29, 0.717) is 11.6 Å². The van der Waals surface area contributed by atoms with E-state index in [1.165, 1.54) is 10.5 Å². The van der Waals surface area contributed by atoms with Crippen molar-refractivity contribution in [2.24, 2.45) is 7.05 Å². The standard InChI is InChI=1S/C15H17ClN2OS/c1-9-11(15(16)18(2)17-9)8-12(19)14-7-10-5-3-4-6-13(10)20-14/h3-6,12,14,19H,7-8H2,1-2H3. The first-order valence-corrected chi connectivity index (χ1v) is 7.92. The number of aromatic nitrogens is 2. The van der Waals surface area contributed by atoms with Gasteiger partial charge < -0.3 is 5.11 Å². The van der Waals surface area contributed by atoms with Crippen molar-refractivity contribution in [2.45, 2.75) is 36.0 Å². The molecule has 1 N–H and O–H groups in total. The number of rotatable bonds is 3. The molecule has 0 fully saturated rings. The second kappa shape index (κ2) is 5.43. The molecule has 3 nitrogen and oxygen atoms in total. The number of aliphatic hydroxyl groups excluding tert-OH is 1. The molecule has 0 spiro atoms. The number of thioether (sulfide) groups is 1. The lowest BCUT2D eigenvalue weighted by Crippen LogP contribution is -2.25. The molecule has 2 aromatic rings. The maximum atomic E-state index is 10.5. The molecule has 20 heavy (non-hydrogen) atoms. The zero-order chi connectivity index (χ0) is 14.3. The number of fused-ring (bicyclic) bond motifs is 1. The smallest absolute Gasteiger partial charge is 0.130 e. The molecular weight excluding hydrogens is 292 g/mol. The molecule has 2 unspecified atom stereocenters. The summed E-state index contributed by atoms with van der Waals surface area (Å²) >= 11 is 8.00. The predicted molar refractivity (Wildman–Crippen MR) is 82.5 cm³/mol. The molecule has 0 aliphatic carbocycles. The van der Waals surface area contributed by atoms with E-state index < -0.39 is 6.10 Å². The molecule has 106 valence electrons. The highest BCUT2D eigenvalue weighted by molar-refractivity contribution is 8.00. The van der Waals surface area contributed by atoms with Crippen molar-refractivity contribution < 1.29 is 5.11 Å². The highest BCUT2D eigenvalue weighted by atomic mass is 35.5. The van der Waals surface area contributed by atoms with Crippen LogP contribution in [0.2, 0.25) is 5.15 Å². The van der Waals surface area contributed by atoms with Gasteiger partial charge in [0.2, 0.25) is 0 Å². The highest BCUT2D eigenvalue weighted by Gasteiger charge is 2.29. The molecule has 3 rings (SSSR count). The number of nitrogens with zero attached hydrogens (tertiary/aromatic N) is 2. The van der Waals surface area contributed by atoms with E-state index in [4.69, 9.17) is 11.6 Å². The third-order valence-electron chi connectivity index (χ3n) is 3.78. The van der Waals surface area contributed by atoms with E-state index in [0.717, 1.165) is 17.7 Å². The van der Waals surface area contributed by atoms with Crippen LogP contribution >= 0.6 is 23.4 Å². The molecule has 1 aromatic carbocycles. The Morgan fingerprint density at radius 3 is 2.90 bits per heavy atom. The Morgan fingerprint density at radius 2 is 2.25 bits per heavy atom. The molecule has 0 bridgehead atoms. The third kappa shape index (κ3) is 2.48. The zero-order valence-electron chi connectivity index (χ0n) is 11.5. The SMILES string of the molecule is Cc1nn(C)c(Cl)c1CC(O)C1Cc2ccccc2S1. The lowest BCUT2D eigenvalue weighted by atomic mass is 10.0. The summed E-state index contributed by atoms with van der Waals surface area (Å²) in [5.74, 6) is 0. The van der Waals surface area contributed by atoms with Gasteiger partial charge in [-0.3, -0.25) is 4.68 Å². The number of halogens is 1. The summed E-state index contributed by atoms with van der Waals surface area (Å²) in [6.45, 7) is 1.93. The summed E-state index contributed by atoms with van der Waals surface area (Å²) < 4.78 is 1.66. The van der Waals surface area contributed by atoms with Crippen molar-refractivity contribution in [3.8, 4) is 0 Å². The van der Waals surface area contributed by atoms with Crippen LogP contribution in [0.4, 0.5) is 0 Å². The molecule has 0 saturated heterocycles. The van der Waals surface area contributed by atoms with Crippen LogP contribution in [0.5, 0.6) is 0 Å². The molecule has 1 aliphatic heterocycles. The number of hydrogen-bond donors (Lipinski definition) is 1. The summed E-state index contributed by atoms with van der Waals surface area (Å²) in [4.78, 5) is 1.28. The summed E-state index contributed by atoms with van der Waals surface area (Å²) in [7, 11) is 1.82. The average Bonchev–Trinajstić information content (AvgIpc) is 2.95. The fourth-order valence-corrected chi connectivity index (χ4v) is 4.22. The summed E-state index contributed by atoms with van der Waals surface area (Å²) in [5, 5.41) is 15.6. The fraction of sp³-hybridized carbons (Fsp3) is 0.400. The first-order chi connectivity index (χ1) is 9.56. The van der Waals surface area contributed by atoms with Crippen LogP contribution in [-0.4, -0.2) is 26.2 Å². The molecule has 0 saturated carbocycles. The minimum Gasteiger partial charge on any atom is -0.392 e. The Bertz CT molecular complexity index is 616. The highest BCUT2D eigenvalue weighted by Crippen LogP contribution is 2.39. The predicted octanol–water partition coefficient (Wildman–Crippen LogP) is 3.00. The molecule has 2 atom stereocenters. The Hall–Kier alpha value is -0.970. The van der Waals surface area contributed by atoms with Gasteiger partial charge in [0.15, 0.2) is 0 Å². The Morgan fingerprint density at radius 1 is 1.50 bits per heavy atom. The molecule has 2 heterocycles. The van der Waals surface area contributed by atoms with Gasteiger partial charge in [-0.25, -0.2) is 0 Å². The minimum atomic E-state index is -0.409. The number of benzene rings is 1. The van der Waals surface area contributed by atoms with Crippen LogP contribution in [0.1, 0.15) is 16.8 Å². The van der Waals surface area contributed by atoms with Crippen molar-refractivity contribution >= 4 is 23.4 Å². The van der Waals surface area contributed by atoms with Crippen LogP contribution < -0.4 is 0 Å². The quantitative estimate of drug-likeness (QED) is 0.947. The second-order valence-corrected chi connectivity index (χ2v) is 6.86. The largest absolute Gasteiger partial charge is 0.392 e. The van der Waals surface area contributed by atoms with Crippen molar-refractivity contribution in [1.29, 1.82) is 0 Å². The van der Waals surface area contributed by atoms with Gasteiger partial charge in [-0.1, -0.05) is 29.8 Å². The molecular formula is C15H17ClN2OS. The lowest BCUT2D eigenvalue weighted by molar-refractivity contribution is 0.172. The molecule has 5 heteroatoms. The summed E-state index contributed by atoms with van der Waals surface area (Å²) in [6, 6.07) is 8.35. The van der Waals surface area contributed by atoms with Gasteiger partial charge in [-0.15, -0.1) is 11.8 Å². The maximum absolute atomic E-state index is 10.5. The van der Waals surface area contributed by atoms with Gasteiger partial charge in [0.05, 0.1) is 11.8 Å².